The van der Waals surface area contributed by atoms with Gasteiger partial charge in [-0.3, -0.25) is 19.3 Å². The molecule has 0 spiro atoms. The van der Waals surface area contributed by atoms with Gasteiger partial charge >= 0.3 is 12.3 Å². The molecule has 4 atom stereocenters. The summed E-state index contributed by atoms with van der Waals surface area (Å²) >= 11 is 0. The van der Waals surface area contributed by atoms with E-state index in [0.717, 1.165) is 4.90 Å². The van der Waals surface area contributed by atoms with Gasteiger partial charge in [0.25, 0.3) is 0 Å². The predicted octanol–water partition coefficient (Wildman–Crippen LogP) is 0.671. The van der Waals surface area contributed by atoms with Gasteiger partial charge in [0.05, 0.1) is 5.92 Å². The van der Waals surface area contributed by atoms with Crippen molar-refractivity contribution in [2.75, 3.05) is 13.1 Å². The molecule has 0 aromatic carbocycles. The highest BCUT2D eigenvalue weighted by Gasteiger charge is 2.52. The number of rotatable bonds is 5. The van der Waals surface area contributed by atoms with Gasteiger partial charge in [-0.1, -0.05) is 0 Å². The van der Waals surface area contributed by atoms with Crippen molar-refractivity contribution < 1.29 is 37.1 Å². The minimum atomic E-state index is -4.61. The lowest BCUT2D eigenvalue weighted by atomic mass is 9.97. The van der Waals surface area contributed by atoms with E-state index >= 15 is 0 Å². The standard InChI is InChI=1S/C18H27F3N4O5/c1-17(2,3)30-16(29)25-8-10(18(19,20)21)7-12(25)15(28)24-11(13(22)26)6-9-4-5-23-14(9)27/h9-12H,4-8H2,1-3H3,(H2,22,26)(H,23,27)(H,24,28)/t9-,10+,11-,12-/m0/s1. The van der Waals surface area contributed by atoms with Gasteiger partial charge < -0.3 is 21.1 Å². The van der Waals surface area contributed by atoms with Crippen LogP contribution in [0.1, 0.15) is 40.0 Å². The van der Waals surface area contributed by atoms with E-state index in [1.807, 2.05) is 0 Å². The smallest absolute Gasteiger partial charge is 0.410 e. The molecule has 4 N–H and O–H groups in total. The minimum absolute atomic E-state index is 0.0746. The number of alkyl halides is 3. The fourth-order valence-electron chi connectivity index (χ4n) is 3.51. The van der Waals surface area contributed by atoms with Crippen LogP contribution in [0, 0.1) is 11.8 Å². The van der Waals surface area contributed by atoms with Gasteiger partial charge in [-0.15, -0.1) is 0 Å². The van der Waals surface area contributed by atoms with E-state index in [0.29, 0.717) is 13.0 Å². The molecule has 0 bridgehead atoms. The summed E-state index contributed by atoms with van der Waals surface area (Å²) < 4.78 is 44.9. The summed E-state index contributed by atoms with van der Waals surface area (Å²) in [6.45, 7) is 4.33. The topological polar surface area (TPSA) is 131 Å². The highest BCUT2D eigenvalue weighted by molar-refractivity contribution is 5.91. The highest BCUT2D eigenvalue weighted by atomic mass is 19.4. The molecular weight excluding hydrogens is 409 g/mol. The van der Waals surface area contributed by atoms with Gasteiger partial charge in [-0.05, 0) is 40.0 Å². The average Bonchev–Trinajstić information content (AvgIpc) is 3.19. The first-order valence-electron chi connectivity index (χ1n) is 9.62. The molecule has 0 aromatic rings. The van der Waals surface area contributed by atoms with E-state index in [1.165, 1.54) is 0 Å². The summed E-state index contributed by atoms with van der Waals surface area (Å²) in [6, 6.07) is -2.73. The molecule has 4 amide bonds. The van der Waals surface area contributed by atoms with Gasteiger partial charge in [0.15, 0.2) is 0 Å². The number of nitrogens with one attached hydrogen (secondary N) is 2. The summed E-state index contributed by atoms with van der Waals surface area (Å²) in [5.74, 6) is -4.61. The number of carbonyl (C=O) groups excluding carboxylic acids is 4. The first-order chi connectivity index (χ1) is 13.7. The van der Waals surface area contributed by atoms with Crippen LogP contribution in [0.2, 0.25) is 0 Å². The van der Waals surface area contributed by atoms with E-state index in [4.69, 9.17) is 10.5 Å². The van der Waals surface area contributed by atoms with Crippen molar-refractivity contribution in [3.05, 3.63) is 0 Å². The molecule has 30 heavy (non-hydrogen) atoms. The molecule has 12 heteroatoms. The molecule has 0 unspecified atom stereocenters. The number of hydrogen-bond donors (Lipinski definition) is 3. The minimum Gasteiger partial charge on any atom is -0.444 e. The predicted molar refractivity (Wildman–Crippen MR) is 97.7 cm³/mol. The molecule has 170 valence electrons. The molecule has 0 saturated carbocycles. The maximum Gasteiger partial charge on any atom is 0.410 e. The Balaban J connectivity index is 2.16. The first-order valence-corrected chi connectivity index (χ1v) is 9.62. The van der Waals surface area contributed by atoms with Crippen LogP contribution in [0.15, 0.2) is 0 Å². The zero-order valence-electron chi connectivity index (χ0n) is 17.0. The second-order valence-electron chi connectivity index (χ2n) is 8.60. The number of primary amides is 1. The first kappa shape index (κ1) is 23.7. The highest BCUT2D eigenvalue weighted by Crippen LogP contribution is 2.37. The van der Waals surface area contributed by atoms with Crippen LogP contribution >= 0.6 is 0 Å². The zero-order valence-corrected chi connectivity index (χ0v) is 17.0. The molecule has 2 aliphatic heterocycles. The van der Waals surface area contributed by atoms with Crippen molar-refractivity contribution in [2.24, 2.45) is 17.6 Å². The fraction of sp³-hybridized carbons (Fsp3) is 0.778. The van der Waals surface area contributed by atoms with E-state index in [9.17, 15) is 32.3 Å². The molecule has 2 heterocycles. The molecule has 2 rings (SSSR count). The number of amides is 4. The monoisotopic (exact) mass is 436 g/mol. The Morgan fingerprint density at radius 1 is 1.30 bits per heavy atom. The molecule has 2 saturated heterocycles. The summed E-state index contributed by atoms with van der Waals surface area (Å²) in [5.41, 5.74) is 4.34. The Morgan fingerprint density at radius 3 is 2.40 bits per heavy atom. The van der Waals surface area contributed by atoms with Crippen LogP contribution in [0.5, 0.6) is 0 Å². The van der Waals surface area contributed by atoms with Crippen molar-refractivity contribution in [1.82, 2.24) is 15.5 Å². The van der Waals surface area contributed by atoms with Gasteiger partial charge in [-0.2, -0.15) is 13.2 Å². The quantitative estimate of drug-likeness (QED) is 0.583. The third-order valence-corrected chi connectivity index (χ3v) is 5.04. The second kappa shape index (κ2) is 8.68. The Hall–Kier alpha value is -2.53. The van der Waals surface area contributed by atoms with Crippen LogP contribution in [0.3, 0.4) is 0 Å². The number of likely N-dealkylation sites (tertiary alicyclic amines) is 1. The van der Waals surface area contributed by atoms with E-state index < -0.39 is 66.6 Å². The maximum absolute atomic E-state index is 13.2. The van der Waals surface area contributed by atoms with Gasteiger partial charge in [-0.25, -0.2) is 4.79 Å². The van der Waals surface area contributed by atoms with Gasteiger partial charge in [0.1, 0.15) is 17.7 Å². The second-order valence-corrected chi connectivity index (χ2v) is 8.60. The number of halogens is 3. The maximum atomic E-state index is 13.2. The Morgan fingerprint density at radius 2 is 1.93 bits per heavy atom. The van der Waals surface area contributed by atoms with Crippen molar-refractivity contribution in [3.8, 4) is 0 Å². The van der Waals surface area contributed by atoms with Crippen LogP contribution in [-0.2, 0) is 19.1 Å². The number of nitrogens with zero attached hydrogens (tertiary/aromatic N) is 1. The molecule has 0 aromatic heterocycles. The van der Waals surface area contributed by atoms with Crippen LogP contribution in [0.4, 0.5) is 18.0 Å². The van der Waals surface area contributed by atoms with Crippen LogP contribution < -0.4 is 16.4 Å². The van der Waals surface area contributed by atoms with E-state index in [1.54, 1.807) is 20.8 Å². The fourth-order valence-corrected chi connectivity index (χ4v) is 3.51. The average molecular weight is 436 g/mol. The Labute approximate surface area is 171 Å². The number of ether oxygens (including phenoxy) is 1. The van der Waals surface area contributed by atoms with Crippen LogP contribution in [-0.4, -0.2) is 65.7 Å². The molecule has 0 radical (unpaired) electrons. The molecule has 2 fully saturated rings. The van der Waals surface area contributed by atoms with E-state index in [2.05, 4.69) is 10.6 Å². The number of carbonyl (C=O) groups is 4. The zero-order chi connectivity index (χ0) is 22.9. The SMILES string of the molecule is CC(C)(C)OC(=O)N1C[C@H](C(F)(F)F)C[C@H]1C(=O)N[C@@H](C[C@@H]1CCNC1=O)C(N)=O. The Kier molecular flexibility index (Phi) is 6.87. The third kappa shape index (κ3) is 5.99. The van der Waals surface area contributed by atoms with Crippen molar-refractivity contribution in [3.63, 3.8) is 0 Å². The van der Waals surface area contributed by atoms with Gasteiger partial charge in [0, 0.05) is 19.0 Å². The normalized spacial score (nSPS) is 25.6. The Bertz CT molecular complexity index is 707. The third-order valence-electron chi connectivity index (χ3n) is 5.04. The lowest BCUT2D eigenvalue weighted by molar-refractivity contribution is -0.170. The largest absolute Gasteiger partial charge is 0.444 e. The summed E-state index contributed by atoms with van der Waals surface area (Å²) in [4.78, 5) is 49.3. The van der Waals surface area contributed by atoms with Gasteiger partial charge in [0.2, 0.25) is 17.7 Å². The summed E-state index contributed by atoms with van der Waals surface area (Å²) in [7, 11) is 0. The summed E-state index contributed by atoms with van der Waals surface area (Å²) in [6.07, 6.45) is -5.96. The lowest BCUT2D eigenvalue weighted by Crippen LogP contribution is -2.53. The van der Waals surface area contributed by atoms with E-state index in [-0.39, 0.29) is 12.3 Å². The molecule has 2 aliphatic rings. The van der Waals surface area contributed by atoms with Crippen LogP contribution in [0.25, 0.3) is 0 Å². The number of nitrogens with two attached hydrogens (primary N) is 1. The summed E-state index contributed by atoms with van der Waals surface area (Å²) in [5, 5.41) is 4.91. The molecular formula is C18H27F3N4O5. The molecule has 9 nitrogen and oxygen atoms in total. The van der Waals surface area contributed by atoms with Crippen molar-refractivity contribution in [2.45, 2.75) is 63.9 Å². The van der Waals surface area contributed by atoms with Crippen molar-refractivity contribution >= 4 is 23.8 Å². The number of hydrogen-bond acceptors (Lipinski definition) is 5. The lowest BCUT2D eigenvalue weighted by Gasteiger charge is -2.29. The molecule has 0 aliphatic carbocycles. The van der Waals surface area contributed by atoms with Crippen molar-refractivity contribution in [1.29, 1.82) is 0 Å².